The number of nitrogens with zero attached hydrogens (tertiary/aromatic N) is 3. The molecule has 0 atom stereocenters. The lowest BCUT2D eigenvalue weighted by Gasteiger charge is -2.29. The second-order valence-corrected chi connectivity index (χ2v) is 20.1. The highest BCUT2D eigenvalue weighted by molar-refractivity contribution is 6.10. The molecule has 0 amide bonds. The molecular weight excluding hydrogens is 955 g/mol. The normalized spacial score (nSPS) is 11.3. The predicted octanol–water partition coefficient (Wildman–Crippen LogP) is 21.2. The minimum atomic E-state index is 1.07. The highest BCUT2D eigenvalue weighted by Crippen LogP contribution is 2.47. The average Bonchev–Trinajstić information content (AvgIpc) is 4.05. The molecule has 1 aromatic heterocycles. The van der Waals surface area contributed by atoms with Crippen LogP contribution in [0.25, 0.3) is 93.9 Å². The Labute approximate surface area is 461 Å². The molecule has 0 aliphatic heterocycles. The van der Waals surface area contributed by atoms with E-state index in [0.717, 1.165) is 78.7 Å². The first-order valence-electron chi connectivity index (χ1n) is 27.1. The van der Waals surface area contributed by atoms with E-state index in [1.165, 1.54) is 49.3 Å². The Bertz CT molecular complexity index is 4420. The third-order valence-corrected chi connectivity index (χ3v) is 15.3. The van der Waals surface area contributed by atoms with Gasteiger partial charge in [0.2, 0.25) is 0 Å². The summed E-state index contributed by atoms with van der Waals surface area (Å²) in [7, 11) is 0. The third kappa shape index (κ3) is 8.89. The summed E-state index contributed by atoms with van der Waals surface area (Å²) in [5.74, 6) is 0. The standard InChI is InChI=1S/C76H53N3/c1-7-23-54(24-8-1)69-53-72(58-41-45-65(46-42-58)78(62-33-15-5-16-34-62)75-50-60-30-20-19-29-59(60)49-73(75)56-27-11-3-12-28-56)70(55-25-9-2-10-26-55)52-71(69)57-39-43-64(44-40-57)77(61-31-13-4-14-32-61)66-47-48-68-67-37-21-22-38-74(67)79(76(68)51-66)63-35-17-6-18-36-63/h1-53H. The van der Waals surface area contributed by atoms with E-state index in [1.54, 1.807) is 0 Å². The van der Waals surface area contributed by atoms with E-state index in [1.807, 2.05) is 0 Å². The second-order valence-electron chi connectivity index (χ2n) is 20.1. The lowest BCUT2D eigenvalue weighted by molar-refractivity contribution is 1.18. The Hall–Kier alpha value is -10.5. The van der Waals surface area contributed by atoms with Gasteiger partial charge in [0, 0.05) is 50.5 Å². The van der Waals surface area contributed by atoms with E-state index in [4.69, 9.17) is 0 Å². The molecule has 0 saturated carbocycles. The molecule has 1 heterocycles. The van der Waals surface area contributed by atoms with Gasteiger partial charge in [0.15, 0.2) is 0 Å². The van der Waals surface area contributed by atoms with Gasteiger partial charge in [-0.1, -0.05) is 218 Å². The molecule has 0 saturated heterocycles. The highest BCUT2D eigenvalue weighted by Gasteiger charge is 2.22. The van der Waals surface area contributed by atoms with Crippen LogP contribution < -0.4 is 9.80 Å². The molecule has 3 nitrogen and oxygen atoms in total. The molecule has 372 valence electrons. The molecule has 0 unspecified atom stereocenters. The Morgan fingerprint density at radius 1 is 0.215 bits per heavy atom. The van der Waals surface area contributed by atoms with Gasteiger partial charge in [-0.25, -0.2) is 0 Å². The third-order valence-electron chi connectivity index (χ3n) is 15.3. The van der Waals surface area contributed by atoms with E-state index in [-0.39, 0.29) is 0 Å². The maximum Gasteiger partial charge on any atom is 0.0561 e. The molecule has 0 fully saturated rings. The Kier molecular flexibility index (Phi) is 12.2. The van der Waals surface area contributed by atoms with E-state index in [0.29, 0.717) is 0 Å². The van der Waals surface area contributed by atoms with Crippen molar-refractivity contribution in [3.05, 3.63) is 322 Å². The van der Waals surface area contributed by atoms with Gasteiger partial charge in [-0.05, 0) is 164 Å². The van der Waals surface area contributed by atoms with Crippen LogP contribution in [0.15, 0.2) is 322 Å². The SMILES string of the molecule is c1ccc(-c2cc(-c3ccc(N(c4ccccc4)c4cc5ccccc5cc4-c4ccccc4)cc3)c(-c3ccccc3)cc2-c2ccc(N(c3ccccc3)c3ccc4c5ccccc5n(-c5ccccc5)c4c3)cc2)cc1. The van der Waals surface area contributed by atoms with Crippen LogP contribution >= 0.6 is 0 Å². The van der Waals surface area contributed by atoms with E-state index < -0.39 is 0 Å². The van der Waals surface area contributed by atoms with Gasteiger partial charge >= 0.3 is 0 Å². The first kappa shape index (κ1) is 47.0. The summed E-state index contributed by atoms with van der Waals surface area (Å²) in [5.41, 5.74) is 21.6. The van der Waals surface area contributed by atoms with Crippen LogP contribution in [0.1, 0.15) is 0 Å². The lowest BCUT2D eigenvalue weighted by atomic mass is 9.85. The van der Waals surface area contributed by atoms with Crippen molar-refractivity contribution in [3.8, 4) is 61.3 Å². The Balaban J connectivity index is 0.897. The summed E-state index contributed by atoms with van der Waals surface area (Å²) in [5, 5.41) is 4.86. The van der Waals surface area contributed by atoms with Crippen LogP contribution in [0.4, 0.5) is 34.1 Å². The zero-order valence-electron chi connectivity index (χ0n) is 43.4. The maximum atomic E-state index is 2.42. The van der Waals surface area contributed by atoms with Gasteiger partial charge in [0.05, 0.1) is 16.7 Å². The van der Waals surface area contributed by atoms with Crippen LogP contribution in [0.2, 0.25) is 0 Å². The number of hydrogen-bond donors (Lipinski definition) is 0. The minimum absolute atomic E-state index is 1.07. The number of aromatic nitrogens is 1. The smallest absolute Gasteiger partial charge is 0.0561 e. The zero-order valence-corrected chi connectivity index (χ0v) is 43.4. The van der Waals surface area contributed by atoms with Crippen molar-refractivity contribution in [2.24, 2.45) is 0 Å². The number of para-hydroxylation sites is 4. The summed E-state index contributed by atoms with van der Waals surface area (Å²) >= 11 is 0. The molecule has 0 aliphatic rings. The molecule has 0 aliphatic carbocycles. The van der Waals surface area contributed by atoms with Gasteiger partial charge in [0.25, 0.3) is 0 Å². The van der Waals surface area contributed by atoms with E-state index in [9.17, 15) is 0 Å². The van der Waals surface area contributed by atoms with Crippen LogP contribution in [0.5, 0.6) is 0 Å². The van der Waals surface area contributed by atoms with Crippen LogP contribution in [-0.4, -0.2) is 4.57 Å². The largest absolute Gasteiger partial charge is 0.310 e. The van der Waals surface area contributed by atoms with Crippen molar-refractivity contribution in [2.45, 2.75) is 0 Å². The van der Waals surface area contributed by atoms with Gasteiger partial charge in [-0.2, -0.15) is 0 Å². The van der Waals surface area contributed by atoms with Gasteiger partial charge in [0.1, 0.15) is 0 Å². The second kappa shape index (κ2) is 20.6. The van der Waals surface area contributed by atoms with Crippen LogP contribution in [-0.2, 0) is 0 Å². The molecule has 14 aromatic rings. The molecule has 0 N–H and O–H groups in total. The molecule has 0 spiro atoms. The van der Waals surface area contributed by atoms with Crippen molar-refractivity contribution < 1.29 is 0 Å². The summed E-state index contributed by atoms with van der Waals surface area (Å²) in [6.45, 7) is 0. The number of hydrogen-bond acceptors (Lipinski definition) is 2. The van der Waals surface area contributed by atoms with Crippen molar-refractivity contribution in [2.75, 3.05) is 9.80 Å². The Morgan fingerprint density at radius 3 is 1.11 bits per heavy atom. The van der Waals surface area contributed by atoms with Crippen molar-refractivity contribution in [3.63, 3.8) is 0 Å². The number of rotatable bonds is 12. The molecule has 14 rings (SSSR count). The van der Waals surface area contributed by atoms with Crippen LogP contribution in [0.3, 0.4) is 0 Å². The summed E-state index contributed by atoms with van der Waals surface area (Å²) in [4.78, 5) is 4.78. The monoisotopic (exact) mass is 1010 g/mol. The maximum absolute atomic E-state index is 2.42. The van der Waals surface area contributed by atoms with Crippen molar-refractivity contribution >= 4 is 66.7 Å². The van der Waals surface area contributed by atoms with E-state index >= 15 is 0 Å². The van der Waals surface area contributed by atoms with Crippen LogP contribution in [0, 0.1) is 0 Å². The first-order chi connectivity index (χ1) is 39.2. The summed E-state index contributed by atoms with van der Waals surface area (Å²) in [6, 6.07) is 117. The topological polar surface area (TPSA) is 11.4 Å². The average molecular weight is 1010 g/mol. The molecule has 0 radical (unpaired) electrons. The fourth-order valence-corrected chi connectivity index (χ4v) is 11.6. The van der Waals surface area contributed by atoms with Crippen molar-refractivity contribution in [1.29, 1.82) is 0 Å². The molecule has 0 bridgehead atoms. The van der Waals surface area contributed by atoms with Crippen molar-refractivity contribution in [1.82, 2.24) is 4.57 Å². The minimum Gasteiger partial charge on any atom is -0.310 e. The van der Waals surface area contributed by atoms with Gasteiger partial charge < -0.3 is 14.4 Å². The Morgan fingerprint density at radius 2 is 0.582 bits per heavy atom. The molecule has 79 heavy (non-hydrogen) atoms. The highest BCUT2D eigenvalue weighted by atomic mass is 15.2. The zero-order chi connectivity index (χ0) is 52.5. The summed E-state index contributed by atoms with van der Waals surface area (Å²) in [6.07, 6.45) is 0. The molecule has 13 aromatic carbocycles. The quantitative estimate of drug-likeness (QED) is 0.121. The molecular formula is C76H53N3. The fraction of sp³-hybridized carbons (Fsp3) is 0. The van der Waals surface area contributed by atoms with Gasteiger partial charge in [-0.3, -0.25) is 0 Å². The predicted molar refractivity (Wildman–Crippen MR) is 335 cm³/mol. The number of anilines is 6. The molecule has 3 heteroatoms. The number of benzene rings is 13. The van der Waals surface area contributed by atoms with E-state index in [2.05, 4.69) is 336 Å². The summed E-state index contributed by atoms with van der Waals surface area (Å²) < 4.78 is 2.39. The number of fused-ring (bicyclic) bond motifs is 4. The first-order valence-corrected chi connectivity index (χ1v) is 27.1. The van der Waals surface area contributed by atoms with Gasteiger partial charge in [-0.15, -0.1) is 0 Å². The fourth-order valence-electron chi connectivity index (χ4n) is 11.6. The lowest BCUT2D eigenvalue weighted by Crippen LogP contribution is -2.11.